The number of thioether (sulfide) groups is 1. The summed E-state index contributed by atoms with van der Waals surface area (Å²) >= 11 is 1.81. The fourth-order valence-electron chi connectivity index (χ4n) is 3.14. The first-order valence-corrected chi connectivity index (χ1v) is 10.0. The number of ether oxygens (including phenoxy) is 1. The van der Waals surface area contributed by atoms with Crippen molar-refractivity contribution in [1.29, 1.82) is 0 Å². The van der Waals surface area contributed by atoms with Crippen LogP contribution in [-0.2, 0) is 16.3 Å². The van der Waals surface area contributed by atoms with Gasteiger partial charge in [0.25, 0.3) is 5.91 Å². The molecule has 6 heteroatoms. The SMILES string of the molecule is Cc1cccc(OCC(=O)Nc2c3c(nn2-c2ccccc2C)CSC3)c1. The molecule has 3 aromatic rings. The first kappa shape index (κ1) is 17.7. The minimum atomic E-state index is -0.189. The predicted molar refractivity (Wildman–Crippen MR) is 109 cm³/mol. The summed E-state index contributed by atoms with van der Waals surface area (Å²) in [5.41, 5.74) is 5.33. The molecule has 0 aliphatic carbocycles. The zero-order valence-electron chi connectivity index (χ0n) is 15.4. The van der Waals surface area contributed by atoms with Gasteiger partial charge >= 0.3 is 0 Å². The normalized spacial score (nSPS) is 12.7. The molecule has 138 valence electrons. The van der Waals surface area contributed by atoms with Crippen molar-refractivity contribution in [2.24, 2.45) is 0 Å². The Balaban J connectivity index is 1.56. The number of rotatable bonds is 5. The lowest BCUT2D eigenvalue weighted by molar-refractivity contribution is -0.118. The molecule has 1 aliphatic heterocycles. The lowest BCUT2D eigenvalue weighted by Gasteiger charge is -2.13. The highest BCUT2D eigenvalue weighted by Gasteiger charge is 2.25. The first-order chi connectivity index (χ1) is 13.1. The minimum Gasteiger partial charge on any atom is -0.484 e. The number of aryl methyl sites for hydroxylation is 2. The van der Waals surface area contributed by atoms with Gasteiger partial charge in [0.15, 0.2) is 6.61 Å². The van der Waals surface area contributed by atoms with Crippen molar-refractivity contribution in [2.75, 3.05) is 11.9 Å². The third kappa shape index (κ3) is 3.71. The molecule has 0 bridgehead atoms. The highest BCUT2D eigenvalue weighted by molar-refractivity contribution is 7.98. The Morgan fingerprint density at radius 2 is 2.04 bits per heavy atom. The second-order valence-corrected chi connectivity index (χ2v) is 7.60. The number of hydrogen-bond acceptors (Lipinski definition) is 4. The van der Waals surface area contributed by atoms with Crippen LogP contribution in [0.15, 0.2) is 48.5 Å². The third-order valence-corrected chi connectivity index (χ3v) is 5.48. The number of para-hydroxylation sites is 1. The molecule has 1 aromatic heterocycles. The van der Waals surface area contributed by atoms with Gasteiger partial charge in [-0.25, -0.2) is 4.68 Å². The monoisotopic (exact) mass is 379 g/mol. The molecule has 5 nitrogen and oxygen atoms in total. The van der Waals surface area contributed by atoms with Crippen LogP contribution in [0.4, 0.5) is 5.82 Å². The number of nitrogens with one attached hydrogen (secondary N) is 1. The molecule has 1 amide bonds. The molecule has 2 aromatic carbocycles. The van der Waals surface area contributed by atoms with Gasteiger partial charge in [0.2, 0.25) is 0 Å². The standard InChI is InChI=1S/C21H21N3O2S/c1-14-6-5-8-16(10-14)26-11-20(25)22-21-17-12-27-13-18(17)23-24(21)19-9-4-3-7-15(19)2/h3-10H,11-13H2,1-2H3,(H,22,25). The molecule has 0 fully saturated rings. The maximum atomic E-state index is 12.6. The molecule has 0 atom stereocenters. The van der Waals surface area contributed by atoms with E-state index < -0.39 is 0 Å². The van der Waals surface area contributed by atoms with E-state index in [0.29, 0.717) is 5.75 Å². The Labute approximate surface area is 162 Å². The largest absolute Gasteiger partial charge is 0.484 e. The van der Waals surface area contributed by atoms with Crippen molar-refractivity contribution in [2.45, 2.75) is 25.4 Å². The molecule has 0 radical (unpaired) electrons. The maximum Gasteiger partial charge on any atom is 0.263 e. The molecule has 0 saturated carbocycles. The van der Waals surface area contributed by atoms with Crippen LogP contribution in [0.25, 0.3) is 5.69 Å². The average molecular weight is 379 g/mol. The number of nitrogens with zero attached hydrogens (tertiary/aromatic N) is 2. The molecular weight excluding hydrogens is 358 g/mol. The van der Waals surface area contributed by atoms with E-state index in [9.17, 15) is 4.79 Å². The molecule has 1 N–H and O–H groups in total. The summed E-state index contributed by atoms with van der Waals surface area (Å²) < 4.78 is 7.49. The summed E-state index contributed by atoms with van der Waals surface area (Å²) in [5.74, 6) is 2.98. The van der Waals surface area contributed by atoms with Crippen molar-refractivity contribution in [3.05, 3.63) is 70.9 Å². The van der Waals surface area contributed by atoms with E-state index in [1.165, 1.54) is 0 Å². The predicted octanol–water partition coefficient (Wildman–Crippen LogP) is 4.25. The molecule has 0 spiro atoms. The van der Waals surface area contributed by atoms with Gasteiger partial charge in [-0.3, -0.25) is 4.79 Å². The van der Waals surface area contributed by atoms with Crippen LogP contribution in [0, 0.1) is 13.8 Å². The molecule has 0 saturated heterocycles. The van der Waals surface area contributed by atoms with Crippen molar-refractivity contribution in [3.8, 4) is 11.4 Å². The van der Waals surface area contributed by atoms with Gasteiger partial charge in [0.05, 0.1) is 11.4 Å². The topological polar surface area (TPSA) is 56.1 Å². The van der Waals surface area contributed by atoms with Crippen LogP contribution in [0.5, 0.6) is 5.75 Å². The fourth-order valence-corrected chi connectivity index (χ4v) is 4.17. The third-order valence-electron chi connectivity index (χ3n) is 4.51. The van der Waals surface area contributed by atoms with E-state index in [4.69, 9.17) is 9.84 Å². The molecule has 1 aliphatic rings. The number of fused-ring (bicyclic) bond motifs is 1. The Kier molecular flexibility index (Phi) is 4.90. The smallest absolute Gasteiger partial charge is 0.263 e. The second kappa shape index (κ2) is 7.48. The summed E-state index contributed by atoms with van der Waals surface area (Å²) in [6.07, 6.45) is 0. The molecule has 4 rings (SSSR count). The van der Waals surface area contributed by atoms with E-state index in [0.717, 1.165) is 45.4 Å². The number of hydrogen-bond donors (Lipinski definition) is 1. The van der Waals surface area contributed by atoms with Gasteiger partial charge in [-0.2, -0.15) is 16.9 Å². The van der Waals surface area contributed by atoms with Crippen molar-refractivity contribution < 1.29 is 9.53 Å². The second-order valence-electron chi connectivity index (χ2n) is 6.62. The summed E-state index contributed by atoms with van der Waals surface area (Å²) in [4.78, 5) is 12.6. The van der Waals surface area contributed by atoms with Crippen molar-refractivity contribution in [3.63, 3.8) is 0 Å². The fraction of sp³-hybridized carbons (Fsp3) is 0.238. The number of carbonyl (C=O) groups excluding carboxylic acids is 1. The maximum absolute atomic E-state index is 12.6. The minimum absolute atomic E-state index is 0.0374. The Morgan fingerprint density at radius 1 is 1.19 bits per heavy atom. The van der Waals surface area contributed by atoms with Gasteiger partial charge in [-0.15, -0.1) is 0 Å². The van der Waals surface area contributed by atoms with Gasteiger partial charge in [-0.05, 0) is 43.2 Å². The first-order valence-electron chi connectivity index (χ1n) is 8.85. The summed E-state index contributed by atoms with van der Waals surface area (Å²) in [5, 5.41) is 7.77. The number of benzene rings is 2. The highest BCUT2D eigenvalue weighted by atomic mass is 32.2. The molecular formula is C21H21N3O2S. The van der Waals surface area contributed by atoms with E-state index >= 15 is 0 Å². The van der Waals surface area contributed by atoms with Crippen molar-refractivity contribution >= 4 is 23.5 Å². The Bertz CT molecular complexity index is 997. The lowest BCUT2D eigenvalue weighted by atomic mass is 10.2. The van der Waals surface area contributed by atoms with Crippen LogP contribution in [0.3, 0.4) is 0 Å². The van der Waals surface area contributed by atoms with E-state index in [-0.39, 0.29) is 12.5 Å². The Morgan fingerprint density at radius 3 is 2.85 bits per heavy atom. The number of anilines is 1. The van der Waals surface area contributed by atoms with E-state index in [1.54, 1.807) is 0 Å². The summed E-state index contributed by atoms with van der Waals surface area (Å²) in [6.45, 7) is 4.00. The van der Waals surface area contributed by atoms with Crippen LogP contribution < -0.4 is 10.1 Å². The molecule has 2 heterocycles. The molecule has 27 heavy (non-hydrogen) atoms. The quantitative estimate of drug-likeness (QED) is 0.720. The van der Waals surface area contributed by atoms with Crippen LogP contribution in [0.1, 0.15) is 22.4 Å². The Hall–Kier alpha value is -2.73. The van der Waals surface area contributed by atoms with Gasteiger partial charge in [0, 0.05) is 17.1 Å². The van der Waals surface area contributed by atoms with E-state index in [2.05, 4.69) is 5.32 Å². The summed E-state index contributed by atoms with van der Waals surface area (Å²) in [6, 6.07) is 15.7. The zero-order valence-corrected chi connectivity index (χ0v) is 16.2. The number of carbonyl (C=O) groups is 1. The van der Waals surface area contributed by atoms with Crippen LogP contribution >= 0.6 is 11.8 Å². The van der Waals surface area contributed by atoms with Crippen molar-refractivity contribution in [1.82, 2.24) is 9.78 Å². The number of amides is 1. The summed E-state index contributed by atoms with van der Waals surface area (Å²) in [7, 11) is 0. The van der Waals surface area contributed by atoms with Gasteiger partial charge in [0.1, 0.15) is 11.6 Å². The van der Waals surface area contributed by atoms with Crippen LogP contribution in [0.2, 0.25) is 0 Å². The lowest BCUT2D eigenvalue weighted by Crippen LogP contribution is -2.22. The van der Waals surface area contributed by atoms with E-state index in [1.807, 2.05) is 78.8 Å². The molecule has 0 unspecified atom stereocenters. The van der Waals surface area contributed by atoms with Gasteiger partial charge < -0.3 is 10.1 Å². The highest BCUT2D eigenvalue weighted by Crippen LogP contribution is 2.36. The number of aromatic nitrogens is 2. The van der Waals surface area contributed by atoms with Gasteiger partial charge in [-0.1, -0.05) is 30.3 Å². The van der Waals surface area contributed by atoms with Crippen LogP contribution in [-0.4, -0.2) is 22.3 Å². The average Bonchev–Trinajstić information content (AvgIpc) is 3.23. The zero-order chi connectivity index (χ0) is 18.8.